The van der Waals surface area contributed by atoms with Gasteiger partial charge in [-0.2, -0.15) is 0 Å². The molecule has 15 heavy (non-hydrogen) atoms. The summed E-state index contributed by atoms with van der Waals surface area (Å²) in [6.07, 6.45) is 5.38. The van der Waals surface area contributed by atoms with E-state index in [0.29, 0.717) is 6.67 Å². The molecule has 1 unspecified atom stereocenters. The van der Waals surface area contributed by atoms with Gasteiger partial charge in [0.15, 0.2) is 0 Å². The van der Waals surface area contributed by atoms with Crippen LogP contribution in [0, 0.1) is 0 Å². The average Bonchev–Trinajstić information content (AvgIpc) is 2.15. The van der Waals surface area contributed by atoms with Crippen LogP contribution in [-0.4, -0.2) is 35.4 Å². The molecule has 0 aromatic rings. The molecular weight excluding hydrogens is 192 g/mol. The molecule has 0 bridgehead atoms. The first-order chi connectivity index (χ1) is 6.90. The molecular formula is C11H18N2O2. The van der Waals surface area contributed by atoms with Crippen LogP contribution in [0.5, 0.6) is 0 Å². The summed E-state index contributed by atoms with van der Waals surface area (Å²) < 4.78 is 5.29. The van der Waals surface area contributed by atoms with Crippen molar-refractivity contribution in [2.24, 2.45) is 4.99 Å². The number of esters is 1. The van der Waals surface area contributed by atoms with Crippen molar-refractivity contribution in [2.75, 3.05) is 6.67 Å². The molecule has 0 saturated carbocycles. The molecule has 0 amide bonds. The van der Waals surface area contributed by atoms with Crippen LogP contribution >= 0.6 is 0 Å². The van der Waals surface area contributed by atoms with Gasteiger partial charge in [0.2, 0.25) is 0 Å². The topological polar surface area (TPSA) is 41.9 Å². The molecule has 1 rings (SSSR count). The highest BCUT2D eigenvalue weighted by Gasteiger charge is 2.25. The summed E-state index contributed by atoms with van der Waals surface area (Å²) in [5.41, 5.74) is -0.436. The van der Waals surface area contributed by atoms with E-state index in [2.05, 4.69) is 4.99 Å². The molecule has 0 fully saturated rings. The number of aliphatic imine (C=N–C) groups is 1. The van der Waals surface area contributed by atoms with E-state index in [9.17, 15) is 4.79 Å². The molecule has 0 saturated heterocycles. The molecule has 0 aromatic heterocycles. The minimum atomic E-state index is -0.436. The Morgan fingerprint density at radius 2 is 2.20 bits per heavy atom. The molecule has 0 N–H and O–H groups in total. The van der Waals surface area contributed by atoms with Crippen molar-refractivity contribution in [3.8, 4) is 0 Å². The summed E-state index contributed by atoms with van der Waals surface area (Å²) in [6.45, 7) is 7.92. The largest absolute Gasteiger partial charge is 0.458 e. The van der Waals surface area contributed by atoms with Gasteiger partial charge in [0, 0.05) is 12.4 Å². The monoisotopic (exact) mass is 210 g/mol. The van der Waals surface area contributed by atoms with Crippen molar-refractivity contribution < 1.29 is 9.53 Å². The van der Waals surface area contributed by atoms with Gasteiger partial charge in [-0.3, -0.25) is 4.99 Å². The first-order valence-corrected chi connectivity index (χ1v) is 5.05. The van der Waals surface area contributed by atoms with Crippen molar-refractivity contribution in [3.63, 3.8) is 0 Å². The summed E-state index contributed by atoms with van der Waals surface area (Å²) in [4.78, 5) is 17.6. The fraction of sp³-hybridized carbons (Fsp3) is 0.636. The molecule has 0 radical (unpaired) electrons. The maximum absolute atomic E-state index is 11.7. The van der Waals surface area contributed by atoms with E-state index >= 15 is 0 Å². The van der Waals surface area contributed by atoms with Gasteiger partial charge < -0.3 is 9.64 Å². The summed E-state index contributed by atoms with van der Waals surface area (Å²) in [5.74, 6) is -0.218. The van der Waals surface area contributed by atoms with Crippen molar-refractivity contribution in [2.45, 2.75) is 39.3 Å². The lowest BCUT2D eigenvalue weighted by molar-refractivity contribution is -0.159. The molecule has 1 atom stereocenters. The Balaban J connectivity index is 2.53. The van der Waals surface area contributed by atoms with E-state index in [0.717, 1.165) is 0 Å². The van der Waals surface area contributed by atoms with Crippen LogP contribution in [0.4, 0.5) is 0 Å². The Labute approximate surface area is 90.6 Å². The quantitative estimate of drug-likeness (QED) is 0.650. The predicted octanol–water partition coefficient (Wildman–Crippen LogP) is 1.57. The van der Waals surface area contributed by atoms with E-state index in [1.807, 2.05) is 44.9 Å². The first kappa shape index (κ1) is 11.8. The summed E-state index contributed by atoms with van der Waals surface area (Å²) in [5, 5.41) is 0. The van der Waals surface area contributed by atoms with E-state index in [1.54, 1.807) is 6.21 Å². The SMILES string of the molecule is CC(C(=O)OC(C)(C)C)N1C=CC=NC1. The predicted molar refractivity (Wildman–Crippen MR) is 59.6 cm³/mol. The third-order valence-corrected chi connectivity index (χ3v) is 1.96. The third kappa shape index (κ3) is 3.73. The lowest BCUT2D eigenvalue weighted by Crippen LogP contribution is -2.40. The van der Waals surface area contributed by atoms with E-state index < -0.39 is 5.60 Å². The molecule has 1 aliphatic heterocycles. The van der Waals surface area contributed by atoms with Gasteiger partial charge in [-0.05, 0) is 33.8 Å². The Kier molecular flexibility index (Phi) is 3.50. The minimum Gasteiger partial charge on any atom is -0.458 e. The lowest BCUT2D eigenvalue weighted by Gasteiger charge is -2.29. The smallest absolute Gasteiger partial charge is 0.329 e. The number of carbonyl (C=O) groups excluding carboxylic acids is 1. The first-order valence-electron chi connectivity index (χ1n) is 5.05. The molecule has 4 heteroatoms. The van der Waals surface area contributed by atoms with Gasteiger partial charge in [0.05, 0.1) is 0 Å². The number of nitrogens with zero attached hydrogens (tertiary/aromatic N) is 2. The third-order valence-electron chi connectivity index (χ3n) is 1.96. The Bertz CT molecular complexity index is 289. The normalized spacial score (nSPS) is 17.7. The highest BCUT2D eigenvalue weighted by molar-refractivity contribution is 5.77. The lowest BCUT2D eigenvalue weighted by atomic mass is 10.2. The molecule has 1 aliphatic rings. The van der Waals surface area contributed by atoms with Gasteiger partial charge in [-0.1, -0.05) is 0 Å². The number of ether oxygens (including phenoxy) is 1. The number of rotatable bonds is 2. The zero-order valence-electron chi connectivity index (χ0n) is 9.73. The van der Waals surface area contributed by atoms with Crippen LogP contribution in [-0.2, 0) is 9.53 Å². The van der Waals surface area contributed by atoms with Gasteiger partial charge in [0.25, 0.3) is 0 Å². The Hall–Kier alpha value is -1.32. The highest BCUT2D eigenvalue weighted by atomic mass is 16.6. The number of carbonyl (C=O) groups is 1. The van der Waals surface area contributed by atoms with Gasteiger partial charge in [0.1, 0.15) is 18.3 Å². The molecule has 0 aliphatic carbocycles. The molecule has 0 spiro atoms. The van der Waals surface area contributed by atoms with Crippen LogP contribution in [0.2, 0.25) is 0 Å². The average molecular weight is 210 g/mol. The van der Waals surface area contributed by atoms with Crippen LogP contribution in [0.15, 0.2) is 17.3 Å². The molecule has 4 nitrogen and oxygen atoms in total. The van der Waals surface area contributed by atoms with Crippen LogP contribution in [0.3, 0.4) is 0 Å². The number of hydrogen-bond acceptors (Lipinski definition) is 4. The Morgan fingerprint density at radius 1 is 1.53 bits per heavy atom. The molecule has 0 aromatic carbocycles. The Morgan fingerprint density at radius 3 is 2.67 bits per heavy atom. The minimum absolute atomic E-state index is 0.218. The van der Waals surface area contributed by atoms with Crippen molar-refractivity contribution >= 4 is 12.2 Å². The fourth-order valence-corrected chi connectivity index (χ4v) is 1.17. The zero-order chi connectivity index (χ0) is 11.5. The van der Waals surface area contributed by atoms with Gasteiger partial charge in [-0.15, -0.1) is 0 Å². The maximum Gasteiger partial charge on any atom is 0.329 e. The zero-order valence-corrected chi connectivity index (χ0v) is 9.73. The van der Waals surface area contributed by atoms with E-state index in [1.165, 1.54) is 0 Å². The highest BCUT2D eigenvalue weighted by Crippen LogP contribution is 2.12. The second kappa shape index (κ2) is 4.47. The summed E-state index contributed by atoms with van der Waals surface area (Å²) in [7, 11) is 0. The van der Waals surface area contributed by atoms with Gasteiger partial charge >= 0.3 is 5.97 Å². The number of hydrogen-bond donors (Lipinski definition) is 0. The van der Waals surface area contributed by atoms with Crippen molar-refractivity contribution in [3.05, 3.63) is 12.3 Å². The fourth-order valence-electron chi connectivity index (χ4n) is 1.17. The van der Waals surface area contributed by atoms with Crippen LogP contribution in [0.1, 0.15) is 27.7 Å². The van der Waals surface area contributed by atoms with Crippen molar-refractivity contribution in [1.82, 2.24) is 4.90 Å². The van der Waals surface area contributed by atoms with E-state index in [-0.39, 0.29) is 12.0 Å². The van der Waals surface area contributed by atoms with Crippen LogP contribution in [0.25, 0.3) is 0 Å². The van der Waals surface area contributed by atoms with E-state index in [4.69, 9.17) is 4.74 Å². The standard InChI is InChI=1S/C11H18N2O2/c1-9(10(14)15-11(2,3)4)13-7-5-6-12-8-13/h5-7,9H,8H2,1-4H3. The summed E-state index contributed by atoms with van der Waals surface area (Å²) >= 11 is 0. The molecule has 84 valence electrons. The summed E-state index contributed by atoms with van der Waals surface area (Å²) in [6, 6.07) is -0.294. The molecule has 1 heterocycles. The maximum atomic E-state index is 11.7. The number of allylic oxidation sites excluding steroid dienone is 1. The van der Waals surface area contributed by atoms with Crippen molar-refractivity contribution in [1.29, 1.82) is 0 Å². The second-order valence-corrected chi connectivity index (χ2v) is 4.54. The second-order valence-electron chi connectivity index (χ2n) is 4.54. The van der Waals surface area contributed by atoms with Gasteiger partial charge in [-0.25, -0.2) is 4.79 Å². The van der Waals surface area contributed by atoms with Crippen LogP contribution < -0.4 is 0 Å².